The highest BCUT2D eigenvalue weighted by atomic mass is 35.5. The molecule has 1 saturated heterocycles. The summed E-state index contributed by atoms with van der Waals surface area (Å²) in [7, 11) is 1.96. The van der Waals surface area contributed by atoms with Gasteiger partial charge in [-0.2, -0.15) is 0 Å². The number of amides is 2. The monoisotopic (exact) mass is 541 g/mol. The third-order valence-electron chi connectivity index (χ3n) is 5.72. The Balaban J connectivity index is 0.00000304. The molecule has 10 heteroatoms. The number of carbonyl (C=O) groups is 2. The molecule has 7 nitrogen and oxygen atoms in total. The van der Waals surface area contributed by atoms with Crippen LogP contribution in [0.15, 0.2) is 71.6 Å². The van der Waals surface area contributed by atoms with E-state index in [4.69, 9.17) is 14.5 Å². The van der Waals surface area contributed by atoms with Crippen LogP contribution in [0.3, 0.4) is 0 Å². The molecule has 1 aromatic heterocycles. The van der Waals surface area contributed by atoms with Crippen molar-refractivity contribution in [2.24, 2.45) is 7.05 Å². The minimum atomic E-state index is -0.377. The third kappa shape index (κ3) is 5.80. The molecule has 36 heavy (non-hydrogen) atoms. The Morgan fingerprint density at radius 1 is 1.00 bits per heavy atom. The maximum Gasteiger partial charge on any atom is 0.286 e. The lowest BCUT2D eigenvalue weighted by Crippen LogP contribution is -2.25. The van der Waals surface area contributed by atoms with Crippen molar-refractivity contribution in [3.05, 3.63) is 78.1 Å². The summed E-state index contributed by atoms with van der Waals surface area (Å²) in [5, 5.41) is 1.65. The van der Waals surface area contributed by atoms with Gasteiger partial charge in [0.15, 0.2) is 0 Å². The summed E-state index contributed by atoms with van der Waals surface area (Å²) < 4.78 is 14.0. The Labute approximate surface area is 223 Å². The SMILES string of the molecule is CSc1ccc(Oc2ccc3nc(COc4ccc(CC5SC(=O)NC5=O)cc4)n(C)c3c2)cc1.Cl. The minimum absolute atomic E-state index is 0. The van der Waals surface area contributed by atoms with Gasteiger partial charge in [0.2, 0.25) is 5.91 Å². The van der Waals surface area contributed by atoms with Gasteiger partial charge in [-0.15, -0.1) is 24.2 Å². The number of imidazole rings is 1. The molecule has 5 rings (SSSR count). The van der Waals surface area contributed by atoms with Crippen molar-refractivity contribution in [3.8, 4) is 17.2 Å². The number of fused-ring (bicyclic) bond motifs is 1. The minimum Gasteiger partial charge on any atom is -0.486 e. The fourth-order valence-electron chi connectivity index (χ4n) is 3.80. The van der Waals surface area contributed by atoms with E-state index in [-0.39, 0.29) is 28.8 Å². The van der Waals surface area contributed by atoms with Crippen LogP contribution in [0.5, 0.6) is 17.2 Å². The maximum atomic E-state index is 11.8. The summed E-state index contributed by atoms with van der Waals surface area (Å²) in [6.07, 6.45) is 2.55. The number of thioether (sulfide) groups is 2. The van der Waals surface area contributed by atoms with Gasteiger partial charge in [-0.3, -0.25) is 14.9 Å². The number of hydrogen-bond acceptors (Lipinski definition) is 7. The van der Waals surface area contributed by atoms with Crippen molar-refractivity contribution in [2.45, 2.75) is 23.2 Å². The van der Waals surface area contributed by atoms with Crippen LogP contribution in [-0.2, 0) is 24.9 Å². The summed E-state index contributed by atoms with van der Waals surface area (Å²) in [5.74, 6) is 2.80. The topological polar surface area (TPSA) is 82.5 Å². The van der Waals surface area contributed by atoms with Crippen molar-refractivity contribution in [1.29, 1.82) is 0 Å². The first kappa shape index (κ1) is 25.9. The van der Waals surface area contributed by atoms with Crippen LogP contribution in [0, 0.1) is 0 Å². The number of nitrogens with zero attached hydrogens (tertiary/aromatic N) is 2. The fraction of sp³-hybridized carbons (Fsp3) is 0.192. The normalized spacial score (nSPS) is 15.0. The molecule has 1 aliphatic rings. The van der Waals surface area contributed by atoms with Gasteiger partial charge >= 0.3 is 0 Å². The molecule has 0 saturated carbocycles. The molecule has 4 aromatic rings. The van der Waals surface area contributed by atoms with Gasteiger partial charge in [0.1, 0.15) is 29.7 Å². The van der Waals surface area contributed by atoms with Crippen LogP contribution in [0.4, 0.5) is 4.79 Å². The van der Waals surface area contributed by atoms with Crippen LogP contribution in [0.2, 0.25) is 0 Å². The molecule has 0 spiro atoms. The number of rotatable bonds is 8. The molecule has 0 aliphatic carbocycles. The van der Waals surface area contributed by atoms with Crippen molar-refractivity contribution in [3.63, 3.8) is 0 Å². The Morgan fingerprint density at radius 2 is 1.69 bits per heavy atom. The van der Waals surface area contributed by atoms with Crippen LogP contribution < -0.4 is 14.8 Å². The third-order valence-corrected chi connectivity index (χ3v) is 7.44. The molecule has 0 radical (unpaired) electrons. The zero-order chi connectivity index (χ0) is 24.4. The fourth-order valence-corrected chi connectivity index (χ4v) is 5.07. The highest BCUT2D eigenvalue weighted by Gasteiger charge is 2.31. The van der Waals surface area contributed by atoms with Gasteiger partial charge < -0.3 is 14.0 Å². The molecule has 1 atom stereocenters. The molecular formula is C26H24ClN3O4S2. The highest BCUT2D eigenvalue weighted by molar-refractivity contribution is 8.15. The smallest absolute Gasteiger partial charge is 0.286 e. The first-order valence-corrected chi connectivity index (χ1v) is 13.1. The quantitative estimate of drug-likeness (QED) is 0.275. The predicted octanol–water partition coefficient (Wildman–Crippen LogP) is 5.98. The van der Waals surface area contributed by atoms with Crippen molar-refractivity contribution in [1.82, 2.24) is 14.9 Å². The van der Waals surface area contributed by atoms with E-state index in [9.17, 15) is 9.59 Å². The van der Waals surface area contributed by atoms with Gasteiger partial charge in [-0.1, -0.05) is 23.9 Å². The van der Waals surface area contributed by atoms with Gasteiger partial charge in [0, 0.05) is 18.0 Å². The van der Waals surface area contributed by atoms with E-state index in [1.54, 1.807) is 11.8 Å². The molecular weight excluding hydrogens is 518 g/mol. The summed E-state index contributed by atoms with van der Waals surface area (Å²) in [6, 6.07) is 21.4. The molecule has 2 amide bonds. The lowest BCUT2D eigenvalue weighted by molar-refractivity contribution is -0.118. The van der Waals surface area contributed by atoms with E-state index in [1.165, 1.54) is 4.90 Å². The Kier molecular flexibility index (Phi) is 8.13. The zero-order valence-electron chi connectivity index (χ0n) is 19.6. The molecule has 1 N–H and O–H groups in total. The van der Waals surface area contributed by atoms with Gasteiger partial charge in [0.05, 0.1) is 16.3 Å². The molecule has 3 aromatic carbocycles. The Bertz CT molecular complexity index is 1390. The van der Waals surface area contributed by atoms with Crippen LogP contribution in [-0.4, -0.2) is 32.2 Å². The van der Waals surface area contributed by atoms with Gasteiger partial charge in [0.25, 0.3) is 5.24 Å². The largest absolute Gasteiger partial charge is 0.486 e. The van der Waals surface area contributed by atoms with E-state index >= 15 is 0 Å². The number of imide groups is 1. The summed E-state index contributed by atoms with van der Waals surface area (Å²) >= 11 is 2.73. The molecule has 2 heterocycles. The second-order valence-corrected chi connectivity index (χ2v) is 10.1. The first-order valence-electron chi connectivity index (χ1n) is 11.0. The average Bonchev–Trinajstić information content (AvgIpc) is 3.36. The number of nitrogens with one attached hydrogen (secondary N) is 1. The number of aromatic nitrogens is 2. The van der Waals surface area contributed by atoms with Crippen molar-refractivity contribution < 1.29 is 19.1 Å². The lowest BCUT2D eigenvalue weighted by atomic mass is 10.1. The first-order chi connectivity index (χ1) is 17.0. The van der Waals surface area contributed by atoms with Crippen molar-refractivity contribution in [2.75, 3.05) is 6.26 Å². The van der Waals surface area contributed by atoms with Crippen LogP contribution >= 0.6 is 35.9 Å². The number of hydrogen-bond donors (Lipinski definition) is 1. The maximum absolute atomic E-state index is 11.8. The van der Waals surface area contributed by atoms with E-state index in [0.717, 1.165) is 45.7 Å². The van der Waals surface area contributed by atoms with E-state index in [1.807, 2.05) is 84.6 Å². The predicted molar refractivity (Wildman–Crippen MR) is 146 cm³/mol. The summed E-state index contributed by atoms with van der Waals surface area (Å²) in [6.45, 7) is 0.312. The van der Waals surface area contributed by atoms with Crippen molar-refractivity contribution >= 4 is 58.1 Å². The molecule has 186 valence electrons. The second kappa shape index (κ2) is 11.3. The highest BCUT2D eigenvalue weighted by Crippen LogP contribution is 2.28. The summed E-state index contributed by atoms with van der Waals surface area (Å²) in [5.41, 5.74) is 2.80. The molecule has 1 unspecified atom stereocenters. The van der Waals surface area contributed by atoms with E-state index in [0.29, 0.717) is 18.8 Å². The van der Waals surface area contributed by atoms with Crippen LogP contribution in [0.25, 0.3) is 11.0 Å². The summed E-state index contributed by atoms with van der Waals surface area (Å²) in [4.78, 5) is 29.0. The molecule has 1 fully saturated rings. The van der Waals surface area contributed by atoms with E-state index < -0.39 is 0 Å². The Hall–Kier alpha value is -3.14. The standard InChI is InChI=1S/C26H23N3O4S2.ClH/c1-29-22-14-19(33-18-7-10-20(34-2)11-8-18)9-12-21(22)27-24(29)15-32-17-5-3-16(4-6-17)13-23-25(30)28-26(31)35-23;/h3-12,14,23H,13,15H2,1-2H3,(H,28,30,31);1H. The van der Waals surface area contributed by atoms with Gasteiger partial charge in [-0.25, -0.2) is 4.98 Å². The number of halogens is 1. The number of carbonyl (C=O) groups excluding carboxylic acids is 2. The number of aryl methyl sites for hydroxylation is 1. The van der Waals surface area contributed by atoms with Crippen LogP contribution in [0.1, 0.15) is 11.4 Å². The van der Waals surface area contributed by atoms with Gasteiger partial charge in [-0.05, 0) is 66.8 Å². The Morgan fingerprint density at radius 3 is 2.36 bits per heavy atom. The van der Waals surface area contributed by atoms with E-state index in [2.05, 4.69) is 5.32 Å². The number of benzene rings is 3. The second-order valence-electron chi connectivity index (χ2n) is 8.04. The average molecular weight is 542 g/mol. The zero-order valence-corrected chi connectivity index (χ0v) is 22.0. The number of ether oxygens (including phenoxy) is 2. The molecule has 1 aliphatic heterocycles. The lowest BCUT2D eigenvalue weighted by Gasteiger charge is -2.09. The molecule has 0 bridgehead atoms.